The number of carbonyl (C=O) groups excluding carboxylic acids is 1. The highest BCUT2D eigenvalue weighted by molar-refractivity contribution is 7.89. The lowest BCUT2D eigenvalue weighted by Gasteiger charge is -2.34. The van der Waals surface area contributed by atoms with Crippen molar-refractivity contribution in [3.05, 3.63) is 65.7 Å². The molecule has 0 radical (unpaired) electrons. The van der Waals surface area contributed by atoms with Crippen molar-refractivity contribution < 1.29 is 13.2 Å². The molecule has 0 bridgehead atoms. The third kappa shape index (κ3) is 7.16. The van der Waals surface area contributed by atoms with Crippen molar-refractivity contribution in [2.24, 2.45) is 0 Å². The summed E-state index contributed by atoms with van der Waals surface area (Å²) in [5, 5.41) is 0. The lowest BCUT2D eigenvalue weighted by molar-refractivity contribution is -0.133. The van der Waals surface area contributed by atoms with Crippen molar-refractivity contribution in [3.8, 4) is 0 Å². The van der Waals surface area contributed by atoms with Gasteiger partial charge in [0.25, 0.3) is 0 Å². The molecule has 2 aromatic rings. The predicted molar refractivity (Wildman–Crippen MR) is 123 cm³/mol. The summed E-state index contributed by atoms with van der Waals surface area (Å²) in [6.45, 7) is 9.62. The van der Waals surface area contributed by atoms with Gasteiger partial charge in [-0.15, -0.1) is 0 Å². The molecule has 1 aliphatic heterocycles. The third-order valence-electron chi connectivity index (χ3n) is 5.28. The van der Waals surface area contributed by atoms with Crippen molar-refractivity contribution in [2.45, 2.75) is 50.6 Å². The van der Waals surface area contributed by atoms with E-state index in [2.05, 4.69) is 33.9 Å². The normalized spacial score (nSPS) is 15.8. The largest absolute Gasteiger partial charge is 0.340 e. The Hall–Kier alpha value is -2.22. The van der Waals surface area contributed by atoms with Crippen LogP contribution in [0.2, 0.25) is 0 Å². The number of hydrogen-bond donors (Lipinski definition) is 1. The minimum atomic E-state index is -3.54. The molecule has 31 heavy (non-hydrogen) atoms. The molecule has 1 N–H and O–H groups in total. The fourth-order valence-corrected chi connectivity index (χ4v) is 5.12. The van der Waals surface area contributed by atoms with E-state index in [0.29, 0.717) is 12.8 Å². The zero-order valence-corrected chi connectivity index (χ0v) is 19.5. The van der Waals surface area contributed by atoms with Crippen molar-refractivity contribution >= 4 is 15.9 Å². The summed E-state index contributed by atoms with van der Waals surface area (Å²) < 4.78 is 27.4. The minimum Gasteiger partial charge on any atom is -0.340 e. The Kier molecular flexibility index (Phi) is 7.51. The lowest BCUT2D eigenvalue weighted by atomic mass is 10.1. The van der Waals surface area contributed by atoms with Gasteiger partial charge in [-0.25, -0.2) is 13.1 Å². The van der Waals surface area contributed by atoms with Crippen LogP contribution in [0.1, 0.15) is 38.3 Å². The molecule has 3 rings (SSSR count). The highest BCUT2D eigenvalue weighted by Gasteiger charge is 2.23. The number of aryl methyl sites for hydroxylation is 1. The molecule has 1 fully saturated rings. The lowest BCUT2D eigenvalue weighted by Crippen LogP contribution is -2.48. The first kappa shape index (κ1) is 23.4. The van der Waals surface area contributed by atoms with Crippen LogP contribution in [-0.2, 0) is 27.8 Å². The van der Waals surface area contributed by atoms with Gasteiger partial charge in [-0.3, -0.25) is 9.69 Å². The smallest absolute Gasteiger partial charge is 0.241 e. The van der Waals surface area contributed by atoms with Gasteiger partial charge in [-0.05, 0) is 50.5 Å². The number of carbonyl (C=O) groups is 1. The monoisotopic (exact) mass is 443 g/mol. The number of benzene rings is 2. The van der Waals surface area contributed by atoms with Crippen molar-refractivity contribution in [1.82, 2.24) is 14.5 Å². The Morgan fingerprint density at radius 1 is 0.903 bits per heavy atom. The average Bonchev–Trinajstić information content (AvgIpc) is 2.72. The van der Waals surface area contributed by atoms with E-state index in [4.69, 9.17) is 0 Å². The van der Waals surface area contributed by atoms with Gasteiger partial charge in [-0.1, -0.05) is 42.5 Å². The zero-order chi connectivity index (χ0) is 22.5. The number of nitrogens with one attached hydrogen (secondary N) is 1. The van der Waals surface area contributed by atoms with Crippen LogP contribution in [0.3, 0.4) is 0 Å². The van der Waals surface area contributed by atoms with E-state index in [0.717, 1.165) is 38.3 Å². The molecule has 168 valence electrons. The van der Waals surface area contributed by atoms with Crippen LogP contribution < -0.4 is 4.72 Å². The van der Waals surface area contributed by atoms with Crippen molar-refractivity contribution in [2.75, 3.05) is 26.2 Å². The zero-order valence-electron chi connectivity index (χ0n) is 18.7. The molecule has 7 heteroatoms. The van der Waals surface area contributed by atoms with Crippen LogP contribution in [0.4, 0.5) is 0 Å². The molecule has 0 saturated carbocycles. The molecular formula is C24H33N3O3S. The van der Waals surface area contributed by atoms with Gasteiger partial charge in [0.2, 0.25) is 15.9 Å². The topological polar surface area (TPSA) is 69.7 Å². The summed E-state index contributed by atoms with van der Waals surface area (Å²) in [7, 11) is -3.54. The van der Waals surface area contributed by atoms with Crippen LogP contribution in [0.5, 0.6) is 0 Å². The summed E-state index contributed by atoms with van der Waals surface area (Å²) in [6.07, 6.45) is 1.04. The molecular weight excluding hydrogens is 410 g/mol. The molecule has 0 aromatic heterocycles. The molecule has 1 saturated heterocycles. The van der Waals surface area contributed by atoms with Gasteiger partial charge < -0.3 is 4.90 Å². The van der Waals surface area contributed by atoms with Gasteiger partial charge in [0.15, 0.2) is 0 Å². The highest BCUT2D eigenvalue weighted by Crippen LogP contribution is 2.16. The summed E-state index contributed by atoms with van der Waals surface area (Å²) in [5.41, 5.74) is 1.73. The second kappa shape index (κ2) is 9.94. The maximum Gasteiger partial charge on any atom is 0.241 e. The van der Waals surface area contributed by atoms with Gasteiger partial charge in [0.1, 0.15) is 0 Å². The van der Waals surface area contributed by atoms with Crippen LogP contribution in [-0.4, -0.2) is 55.8 Å². The first-order chi connectivity index (χ1) is 14.6. The molecule has 6 nitrogen and oxygen atoms in total. The van der Waals surface area contributed by atoms with E-state index in [1.54, 1.807) is 24.3 Å². The number of hydrogen-bond acceptors (Lipinski definition) is 4. The molecule has 0 spiro atoms. The number of sulfonamides is 1. The second-order valence-corrected chi connectivity index (χ2v) is 10.8. The third-order valence-corrected chi connectivity index (χ3v) is 7.05. The van der Waals surface area contributed by atoms with Crippen LogP contribution in [0, 0.1) is 0 Å². The number of rotatable bonds is 7. The van der Waals surface area contributed by atoms with E-state index in [9.17, 15) is 13.2 Å². The molecule has 0 unspecified atom stereocenters. The average molecular weight is 444 g/mol. The molecule has 2 aromatic carbocycles. The second-order valence-electron chi connectivity index (χ2n) is 9.14. The fraction of sp³-hybridized carbons (Fsp3) is 0.458. The Morgan fingerprint density at radius 3 is 2.10 bits per heavy atom. The molecule has 1 amide bonds. The van der Waals surface area contributed by atoms with E-state index in [-0.39, 0.29) is 10.8 Å². The van der Waals surface area contributed by atoms with Gasteiger partial charge >= 0.3 is 0 Å². The van der Waals surface area contributed by atoms with Crippen LogP contribution >= 0.6 is 0 Å². The maximum atomic E-state index is 12.6. The summed E-state index contributed by atoms with van der Waals surface area (Å²) in [4.78, 5) is 17.2. The quantitative estimate of drug-likeness (QED) is 0.714. The first-order valence-corrected chi connectivity index (χ1v) is 12.3. The standard InChI is InChI=1S/C24H33N3O3S/c1-24(2,3)25-31(29,30)22-12-9-20(10-13-22)11-14-23(28)27-17-15-26(16-18-27)19-21-7-5-4-6-8-21/h4-10,12-13,25H,11,14-19H2,1-3H3. The highest BCUT2D eigenvalue weighted by atomic mass is 32.2. The number of amides is 1. The van der Waals surface area contributed by atoms with Crippen molar-refractivity contribution in [1.29, 1.82) is 0 Å². The summed E-state index contributed by atoms with van der Waals surface area (Å²) in [5.74, 6) is 0.158. The Balaban J connectivity index is 1.46. The summed E-state index contributed by atoms with van der Waals surface area (Å²) >= 11 is 0. The van der Waals surface area contributed by atoms with Gasteiger partial charge in [0.05, 0.1) is 4.90 Å². The van der Waals surface area contributed by atoms with Gasteiger partial charge in [-0.2, -0.15) is 0 Å². The molecule has 0 atom stereocenters. The maximum absolute atomic E-state index is 12.6. The SMILES string of the molecule is CC(C)(C)NS(=O)(=O)c1ccc(CCC(=O)N2CCN(Cc3ccccc3)CC2)cc1. The number of piperazine rings is 1. The number of nitrogens with zero attached hydrogens (tertiary/aromatic N) is 2. The van der Waals surface area contributed by atoms with Crippen molar-refractivity contribution in [3.63, 3.8) is 0 Å². The summed E-state index contributed by atoms with van der Waals surface area (Å²) in [6, 6.07) is 17.2. The van der Waals surface area contributed by atoms with Crippen LogP contribution in [0.15, 0.2) is 59.5 Å². The van der Waals surface area contributed by atoms with E-state index >= 15 is 0 Å². The van der Waals surface area contributed by atoms with Crippen LogP contribution in [0.25, 0.3) is 0 Å². The molecule has 1 heterocycles. The Labute approximate surface area is 186 Å². The van der Waals surface area contributed by atoms with E-state index in [1.165, 1.54) is 5.56 Å². The first-order valence-electron chi connectivity index (χ1n) is 10.8. The van der Waals surface area contributed by atoms with Gasteiger partial charge in [0, 0.05) is 44.7 Å². The minimum absolute atomic E-state index is 0.158. The Morgan fingerprint density at radius 2 is 1.52 bits per heavy atom. The fourth-order valence-electron chi connectivity index (χ4n) is 3.70. The Bertz CT molecular complexity index is 959. The molecule has 1 aliphatic rings. The van der Waals surface area contributed by atoms with E-state index in [1.807, 2.05) is 31.7 Å². The molecule has 0 aliphatic carbocycles. The van der Waals surface area contributed by atoms with E-state index < -0.39 is 15.6 Å². The predicted octanol–water partition coefficient (Wildman–Crippen LogP) is 3.04.